The van der Waals surface area contributed by atoms with E-state index in [2.05, 4.69) is 0 Å². The standard InChI is InChI=1S/C22H22F3N/c1-2-21(26,20-12-6-9-17-8-3-4-11-19(17)20)14-13-16-7-5-10-18(15-16)22(23,24)25/h3-12,15H,2,13-14,26H2,1H3. The van der Waals surface area contributed by atoms with Crippen LogP contribution in [-0.4, -0.2) is 0 Å². The highest BCUT2D eigenvalue weighted by molar-refractivity contribution is 5.86. The monoisotopic (exact) mass is 357 g/mol. The van der Waals surface area contributed by atoms with Gasteiger partial charge in [0.05, 0.1) is 5.56 Å². The van der Waals surface area contributed by atoms with E-state index in [9.17, 15) is 13.2 Å². The first kappa shape index (κ1) is 18.5. The van der Waals surface area contributed by atoms with Gasteiger partial charge in [0, 0.05) is 5.54 Å². The first-order valence-corrected chi connectivity index (χ1v) is 8.77. The maximum Gasteiger partial charge on any atom is 0.416 e. The van der Waals surface area contributed by atoms with E-state index in [1.165, 1.54) is 12.1 Å². The molecular formula is C22H22F3N. The van der Waals surface area contributed by atoms with Crippen molar-refractivity contribution in [1.29, 1.82) is 0 Å². The number of rotatable bonds is 5. The molecule has 1 unspecified atom stereocenters. The van der Waals surface area contributed by atoms with Gasteiger partial charge >= 0.3 is 6.18 Å². The van der Waals surface area contributed by atoms with Crippen molar-refractivity contribution in [3.8, 4) is 0 Å². The van der Waals surface area contributed by atoms with Crippen LogP contribution in [0.3, 0.4) is 0 Å². The van der Waals surface area contributed by atoms with Crippen LogP contribution in [0.1, 0.15) is 36.5 Å². The maximum atomic E-state index is 12.9. The van der Waals surface area contributed by atoms with Crippen molar-refractivity contribution in [3.63, 3.8) is 0 Å². The van der Waals surface area contributed by atoms with E-state index in [-0.39, 0.29) is 0 Å². The Morgan fingerprint density at radius 1 is 0.885 bits per heavy atom. The Morgan fingerprint density at radius 2 is 1.58 bits per heavy atom. The molecule has 1 atom stereocenters. The molecule has 136 valence electrons. The van der Waals surface area contributed by atoms with Crippen molar-refractivity contribution in [1.82, 2.24) is 0 Å². The van der Waals surface area contributed by atoms with E-state index in [4.69, 9.17) is 5.73 Å². The molecule has 0 radical (unpaired) electrons. The molecule has 4 heteroatoms. The summed E-state index contributed by atoms with van der Waals surface area (Å²) in [7, 11) is 0. The lowest BCUT2D eigenvalue weighted by Gasteiger charge is -2.30. The van der Waals surface area contributed by atoms with Crippen molar-refractivity contribution < 1.29 is 13.2 Å². The van der Waals surface area contributed by atoms with Crippen LogP contribution in [0.4, 0.5) is 13.2 Å². The predicted octanol–water partition coefficient (Wildman–Crippen LogP) is 6.06. The molecule has 0 amide bonds. The molecule has 1 nitrogen and oxygen atoms in total. The number of hydrogen-bond donors (Lipinski definition) is 1. The number of benzene rings is 3. The fourth-order valence-corrected chi connectivity index (χ4v) is 3.43. The Hall–Kier alpha value is -2.33. The van der Waals surface area contributed by atoms with Gasteiger partial charge in [0.25, 0.3) is 0 Å². The number of nitrogens with two attached hydrogens (primary N) is 1. The van der Waals surface area contributed by atoms with Gasteiger partial charge in [-0.25, -0.2) is 0 Å². The third kappa shape index (κ3) is 3.75. The van der Waals surface area contributed by atoms with Gasteiger partial charge in [-0.15, -0.1) is 0 Å². The Balaban J connectivity index is 1.89. The summed E-state index contributed by atoms with van der Waals surface area (Å²) >= 11 is 0. The van der Waals surface area contributed by atoms with Crippen LogP contribution in [0, 0.1) is 0 Å². The summed E-state index contributed by atoms with van der Waals surface area (Å²) in [5.74, 6) is 0. The average molecular weight is 357 g/mol. The molecule has 0 saturated heterocycles. The van der Waals surface area contributed by atoms with Crippen molar-refractivity contribution in [2.24, 2.45) is 5.73 Å². The smallest absolute Gasteiger partial charge is 0.321 e. The average Bonchev–Trinajstić information content (AvgIpc) is 2.65. The second-order valence-corrected chi connectivity index (χ2v) is 6.73. The summed E-state index contributed by atoms with van der Waals surface area (Å²) in [6.07, 6.45) is -2.54. The molecule has 0 aliphatic carbocycles. The van der Waals surface area contributed by atoms with Gasteiger partial charge < -0.3 is 5.73 Å². The van der Waals surface area contributed by atoms with Crippen molar-refractivity contribution in [3.05, 3.63) is 83.4 Å². The fourth-order valence-electron chi connectivity index (χ4n) is 3.43. The molecule has 26 heavy (non-hydrogen) atoms. The molecule has 0 spiro atoms. The summed E-state index contributed by atoms with van der Waals surface area (Å²) in [5, 5.41) is 2.22. The van der Waals surface area contributed by atoms with E-state index in [0.29, 0.717) is 24.8 Å². The van der Waals surface area contributed by atoms with Gasteiger partial charge in [-0.3, -0.25) is 0 Å². The van der Waals surface area contributed by atoms with Gasteiger partial charge in [-0.2, -0.15) is 13.2 Å². The third-order valence-corrected chi connectivity index (χ3v) is 5.07. The maximum absolute atomic E-state index is 12.9. The highest BCUT2D eigenvalue weighted by Crippen LogP contribution is 2.34. The van der Waals surface area contributed by atoms with E-state index in [1.807, 2.05) is 49.4 Å². The second kappa shape index (κ2) is 7.12. The number of halogens is 3. The number of fused-ring (bicyclic) bond motifs is 1. The van der Waals surface area contributed by atoms with Crippen LogP contribution < -0.4 is 5.73 Å². The van der Waals surface area contributed by atoms with Crippen LogP contribution in [-0.2, 0) is 18.1 Å². The number of aryl methyl sites for hydroxylation is 1. The molecule has 0 aromatic heterocycles. The highest BCUT2D eigenvalue weighted by Gasteiger charge is 2.31. The van der Waals surface area contributed by atoms with Gasteiger partial charge in [0.15, 0.2) is 0 Å². The SMILES string of the molecule is CCC(N)(CCc1cccc(C(F)(F)F)c1)c1cccc2ccccc12. The van der Waals surface area contributed by atoms with E-state index in [0.717, 1.165) is 22.4 Å². The summed E-state index contributed by atoms with van der Waals surface area (Å²) in [6, 6.07) is 19.6. The minimum Gasteiger partial charge on any atom is -0.321 e. The van der Waals surface area contributed by atoms with E-state index in [1.54, 1.807) is 6.07 Å². The zero-order valence-electron chi connectivity index (χ0n) is 14.7. The van der Waals surface area contributed by atoms with Crippen molar-refractivity contribution in [2.75, 3.05) is 0 Å². The lowest BCUT2D eigenvalue weighted by Crippen LogP contribution is -2.36. The Bertz CT molecular complexity index is 896. The molecule has 0 saturated carbocycles. The first-order chi connectivity index (χ1) is 12.3. The molecule has 3 aromatic carbocycles. The molecule has 3 aromatic rings. The predicted molar refractivity (Wildman–Crippen MR) is 99.9 cm³/mol. The molecule has 2 N–H and O–H groups in total. The first-order valence-electron chi connectivity index (χ1n) is 8.77. The summed E-state index contributed by atoms with van der Waals surface area (Å²) in [5.41, 5.74) is 7.24. The molecule has 0 aliphatic heterocycles. The quantitative estimate of drug-likeness (QED) is 0.590. The van der Waals surface area contributed by atoms with Crippen LogP contribution in [0.2, 0.25) is 0 Å². The summed E-state index contributed by atoms with van der Waals surface area (Å²) < 4.78 is 38.8. The molecular weight excluding hydrogens is 335 g/mol. The molecule has 3 rings (SSSR count). The minimum absolute atomic E-state index is 0.498. The van der Waals surface area contributed by atoms with Crippen molar-refractivity contribution in [2.45, 2.75) is 37.9 Å². The van der Waals surface area contributed by atoms with Crippen LogP contribution >= 0.6 is 0 Å². The number of hydrogen-bond acceptors (Lipinski definition) is 1. The van der Waals surface area contributed by atoms with Crippen LogP contribution in [0.25, 0.3) is 10.8 Å². The third-order valence-electron chi connectivity index (χ3n) is 5.07. The fraction of sp³-hybridized carbons (Fsp3) is 0.273. The van der Waals surface area contributed by atoms with E-state index >= 15 is 0 Å². The Kier molecular flexibility index (Phi) is 5.05. The molecule has 0 heterocycles. The normalized spacial score (nSPS) is 14.3. The van der Waals surface area contributed by atoms with Gasteiger partial charge in [-0.05, 0) is 47.2 Å². The highest BCUT2D eigenvalue weighted by atomic mass is 19.4. The minimum atomic E-state index is -4.32. The summed E-state index contributed by atoms with van der Waals surface area (Å²) in [6.45, 7) is 2.02. The van der Waals surface area contributed by atoms with Crippen LogP contribution in [0.5, 0.6) is 0 Å². The molecule has 0 aliphatic rings. The second-order valence-electron chi connectivity index (χ2n) is 6.73. The van der Waals surface area contributed by atoms with Gasteiger partial charge in [-0.1, -0.05) is 67.6 Å². The molecule has 0 fully saturated rings. The summed E-state index contributed by atoms with van der Waals surface area (Å²) in [4.78, 5) is 0. The van der Waals surface area contributed by atoms with E-state index < -0.39 is 17.3 Å². The number of alkyl halides is 3. The lowest BCUT2D eigenvalue weighted by molar-refractivity contribution is -0.137. The molecule has 0 bridgehead atoms. The topological polar surface area (TPSA) is 26.0 Å². The Labute approximate surface area is 151 Å². The van der Waals surface area contributed by atoms with Crippen molar-refractivity contribution >= 4 is 10.8 Å². The van der Waals surface area contributed by atoms with Gasteiger partial charge in [0.1, 0.15) is 0 Å². The van der Waals surface area contributed by atoms with Crippen LogP contribution in [0.15, 0.2) is 66.7 Å². The zero-order valence-corrected chi connectivity index (χ0v) is 14.7. The van der Waals surface area contributed by atoms with Gasteiger partial charge in [0.2, 0.25) is 0 Å². The zero-order chi connectivity index (χ0) is 18.8. The largest absolute Gasteiger partial charge is 0.416 e. The lowest BCUT2D eigenvalue weighted by atomic mass is 9.80. The Morgan fingerprint density at radius 3 is 2.31 bits per heavy atom.